The summed E-state index contributed by atoms with van der Waals surface area (Å²) in [4.78, 5) is 4.22. The molecule has 0 aromatic carbocycles. The molecule has 1 aromatic heterocycles. The van der Waals surface area contributed by atoms with E-state index in [1.807, 2.05) is 14.0 Å². The zero-order valence-electron chi connectivity index (χ0n) is 7.18. The number of aryl methyl sites for hydroxylation is 1. The Hall–Kier alpha value is -0.900. The van der Waals surface area contributed by atoms with E-state index in [-0.39, 0.29) is 0 Å². The molecule has 1 atom stereocenters. The number of aromatic amines is 1. The van der Waals surface area contributed by atoms with E-state index in [0.29, 0.717) is 5.92 Å². The van der Waals surface area contributed by atoms with Crippen LogP contribution in [0.15, 0.2) is 0 Å². The van der Waals surface area contributed by atoms with Crippen molar-refractivity contribution in [3.63, 3.8) is 0 Å². The highest BCUT2D eigenvalue weighted by Gasteiger charge is 2.08. The van der Waals surface area contributed by atoms with E-state index in [2.05, 4.69) is 27.4 Å². The topological polar surface area (TPSA) is 53.6 Å². The Bertz CT molecular complexity index is 218. The van der Waals surface area contributed by atoms with Crippen LogP contribution in [0.4, 0.5) is 0 Å². The van der Waals surface area contributed by atoms with Crippen molar-refractivity contribution in [3.05, 3.63) is 11.6 Å². The summed E-state index contributed by atoms with van der Waals surface area (Å²) in [5, 5.41) is 9.96. The molecule has 0 spiro atoms. The highest BCUT2D eigenvalue weighted by Crippen LogP contribution is 2.07. The maximum absolute atomic E-state index is 4.22. The molecule has 0 amide bonds. The third kappa shape index (κ3) is 2.01. The molecule has 11 heavy (non-hydrogen) atoms. The van der Waals surface area contributed by atoms with Gasteiger partial charge in [-0.05, 0) is 14.0 Å². The van der Waals surface area contributed by atoms with Crippen LogP contribution in [0.25, 0.3) is 0 Å². The predicted octanol–water partition coefficient (Wildman–Crippen LogP) is 0.436. The number of aromatic nitrogens is 3. The molecule has 4 heteroatoms. The van der Waals surface area contributed by atoms with Crippen LogP contribution in [-0.2, 0) is 0 Å². The maximum Gasteiger partial charge on any atom is 0.154 e. The third-order valence-corrected chi connectivity index (χ3v) is 1.57. The van der Waals surface area contributed by atoms with Crippen molar-refractivity contribution in [2.75, 3.05) is 13.6 Å². The molecule has 0 saturated heterocycles. The van der Waals surface area contributed by atoms with Crippen molar-refractivity contribution in [2.45, 2.75) is 19.8 Å². The van der Waals surface area contributed by atoms with Gasteiger partial charge in [-0.25, -0.2) is 4.98 Å². The minimum atomic E-state index is 0.380. The molecule has 0 fully saturated rings. The largest absolute Gasteiger partial charge is 0.319 e. The summed E-state index contributed by atoms with van der Waals surface area (Å²) in [6.45, 7) is 4.92. The normalized spacial score (nSPS) is 13.4. The van der Waals surface area contributed by atoms with E-state index >= 15 is 0 Å². The van der Waals surface area contributed by atoms with Gasteiger partial charge in [0, 0.05) is 12.5 Å². The molecule has 0 radical (unpaired) electrons. The Kier molecular flexibility index (Phi) is 2.59. The first-order chi connectivity index (χ1) is 5.24. The Morgan fingerprint density at radius 2 is 2.36 bits per heavy atom. The van der Waals surface area contributed by atoms with E-state index in [1.54, 1.807) is 0 Å². The quantitative estimate of drug-likeness (QED) is 0.664. The van der Waals surface area contributed by atoms with Crippen LogP contribution >= 0.6 is 0 Å². The van der Waals surface area contributed by atoms with Crippen molar-refractivity contribution in [1.29, 1.82) is 0 Å². The van der Waals surface area contributed by atoms with Gasteiger partial charge in [0.1, 0.15) is 5.82 Å². The SMILES string of the molecule is CNCC(C)c1n[nH]c(C)n1. The zero-order chi connectivity index (χ0) is 8.27. The van der Waals surface area contributed by atoms with Gasteiger partial charge in [-0.1, -0.05) is 6.92 Å². The number of hydrogen-bond acceptors (Lipinski definition) is 3. The molecule has 2 N–H and O–H groups in total. The van der Waals surface area contributed by atoms with Crippen molar-refractivity contribution < 1.29 is 0 Å². The molecule has 1 unspecified atom stereocenters. The highest BCUT2D eigenvalue weighted by molar-refractivity contribution is 4.95. The fourth-order valence-electron chi connectivity index (χ4n) is 0.978. The zero-order valence-corrected chi connectivity index (χ0v) is 7.18. The van der Waals surface area contributed by atoms with Gasteiger partial charge >= 0.3 is 0 Å². The van der Waals surface area contributed by atoms with Gasteiger partial charge in [0.25, 0.3) is 0 Å². The summed E-state index contributed by atoms with van der Waals surface area (Å²) in [6, 6.07) is 0. The maximum atomic E-state index is 4.22. The van der Waals surface area contributed by atoms with E-state index in [9.17, 15) is 0 Å². The number of nitrogens with one attached hydrogen (secondary N) is 2. The Morgan fingerprint density at radius 3 is 2.82 bits per heavy atom. The number of hydrogen-bond donors (Lipinski definition) is 2. The third-order valence-electron chi connectivity index (χ3n) is 1.57. The smallest absolute Gasteiger partial charge is 0.154 e. The second kappa shape index (κ2) is 3.48. The number of H-pyrrole nitrogens is 1. The van der Waals surface area contributed by atoms with Crippen LogP contribution in [0.1, 0.15) is 24.5 Å². The van der Waals surface area contributed by atoms with Gasteiger partial charge in [-0.3, -0.25) is 5.10 Å². The molecule has 0 aliphatic carbocycles. The fraction of sp³-hybridized carbons (Fsp3) is 0.714. The van der Waals surface area contributed by atoms with Crippen molar-refractivity contribution >= 4 is 0 Å². The van der Waals surface area contributed by atoms with Gasteiger partial charge in [-0.2, -0.15) is 5.10 Å². The summed E-state index contributed by atoms with van der Waals surface area (Å²) in [6.07, 6.45) is 0. The first kappa shape index (κ1) is 8.20. The van der Waals surface area contributed by atoms with E-state index < -0.39 is 0 Å². The molecular weight excluding hydrogens is 140 g/mol. The molecule has 0 aliphatic heterocycles. The molecule has 4 nitrogen and oxygen atoms in total. The second-order valence-electron chi connectivity index (χ2n) is 2.74. The van der Waals surface area contributed by atoms with Gasteiger partial charge in [-0.15, -0.1) is 0 Å². The lowest BCUT2D eigenvalue weighted by Gasteiger charge is -2.03. The lowest BCUT2D eigenvalue weighted by atomic mass is 10.2. The summed E-state index contributed by atoms with van der Waals surface area (Å²) < 4.78 is 0. The van der Waals surface area contributed by atoms with Crippen LogP contribution in [-0.4, -0.2) is 28.8 Å². The number of nitrogens with zero attached hydrogens (tertiary/aromatic N) is 2. The van der Waals surface area contributed by atoms with Gasteiger partial charge in [0.05, 0.1) is 0 Å². The second-order valence-corrected chi connectivity index (χ2v) is 2.74. The van der Waals surface area contributed by atoms with E-state index in [0.717, 1.165) is 18.2 Å². The molecule has 62 valence electrons. The summed E-state index contributed by atoms with van der Waals surface area (Å²) in [5.74, 6) is 2.14. The van der Waals surface area contributed by atoms with Crippen molar-refractivity contribution in [2.24, 2.45) is 0 Å². The number of rotatable bonds is 3. The molecule has 0 aliphatic rings. The van der Waals surface area contributed by atoms with Crippen LogP contribution < -0.4 is 5.32 Å². The lowest BCUT2D eigenvalue weighted by Crippen LogP contribution is -2.15. The van der Waals surface area contributed by atoms with Crippen molar-refractivity contribution in [1.82, 2.24) is 20.5 Å². The van der Waals surface area contributed by atoms with Crippen LogP contribution in [0.2, 0.25) is 0 Å². The molecular formula is C7H14N4. The van der Waals surface area contributed by atoms with Gasteiger partial charge in [0.2, 0.25) is 0 Å². The van der Waals surface area contributed by atoms with E-state index in [1.165, 1.54) is 0 Å². The first-order valence-corrected chi connectivity index (χ1v) is 3.77. The molecule has 1 rings (SSSR count). The summed E-state index contributed by atoms with van der Waals surface area (Å²) in [7, 11) is 1.93. The summed E-state index contributed by atoms with van der Waals surface area (Å²) in [5.41, 5.74) is 0. The molecule has 1 heterocycles. The first-order valence-electron chi connectivity index (χ1n) is 3.77. The minimum absolute atomic E-state index is 0.380. The summed E-state index contributed by atoms with van der Waals surface area (Å²) >= 11 is 0. The fourth-order valence-corrected chi connectivity index (χ4v) is 0.978. The van der Waals surface area contributed by atoms with Crippen LogP contribution in [0.3, 0.4) is 0 Å². The lowest BCUT2D eigenvalue weighted by molar-refractivity contribution is 0.643. The van der Waals surface area contributed by atoms with Crippen LogP contribution in [0, 0.1) is 6.92 Å². The van der Waals surface area contributed by atoms with Crippen LogP contribution in [0.5, 0.6) is 0 Å². The Morgan fingerprint density at radius 1 is 1.64 bits per heavy atom. The van der Waals surface area contributed by atoms with E-state index in [4.69, 9.17) is 0 Å². The highest BCUT2D eigenvalue weighted by atomic mass is 15.2. The molecule has 0 saturated carbocycles. The monoisotopic (exact) mass is 154 g/mol. The predicted molar refractivity (Wildman–Crippen MR) is 43.5 cm³/mol. The average Bonchev–Trinajstić information content (AvgIpc) is 2.36. The average molecular weight is 154 g/mol. The van der Waals surface area contributed by atoms with Crippen molar-refractivity contribution in [3.8, 4) is 0 Å². The molecule has 0 bridgehead atoms. The van der Waals surface area contributed by atoms with Gasteiger partial charge in [0.15, 0.2) is 5.82 Å². The Labute approximate surface area is 66.4 Å². The number of likely N-dealkylation sites (N-methyl/N-ethyl adjacent to an activating group) is 1. The Balaban J connectivity index is 2.60. The minimum Gasteiger partial charge on any atom is -0.319 e. The standard InChI is InChI=1S/C7H14N4/c1-5(4-8-3)7-9-6(2)10-11-7/h5,8H,4H2,1-3H3,(H,9,10,11). The van der Waals surface area contributed by atoms with Gasteiger partial charge < -0.3 is 5.32 Å². The molecule has 1 aromatic rings.